The number of unbranched alkanes of at least 4 members (excludes halogenated alkanes) is 3. The second kappa shape index (κ2) is 9.47. The summed E-state index contributed by atoms with van der Waals surface area (Å²) in [5.41, 5.74) is 0.460. The lowest BCUT2D eigenvalue weighted by molar-refractivity contribution is 0.0492. The van der Waals surface area contributed by atoms with Gasteiger partial charge in [0.25, 0.3) is 0 Å². The molecule has 0 aliphatic rings. The van der Waals surface area contributed by atoms with Crippen molar-refractivity contribution in [2.24, 2.45) is 0 Å². The van der Waals surface area contributed by atoms with Crippen LogP contribution in [0.2, 0.25) is 0 Å². The topological polar surface area (TPSA) is 72.8 Å². The first kappa shape index (κ1) is 18.5. The summed E-state index contributed by atoms with van der Waals surface area (Å²) in [5.74, 6) is -1.31. The second-order valence-electron chi connectivity index (χ2n) is 5.63. The number of carbonyl (C=O) groups excluding carboxylic acids is 2. The third-order valence-electron chi connectivity index (χ3n) is 3.63. The fourth-order valence-electron chi connectivity index (χ4n) is 2.27. The lowest BCUT2D eigenvalue weighted by Crippen LogP contribution is -2.13. The Hall–Kier alpha value is -2.82. The van der Waals surface area contributed by atoms with Crippen LogP contribution in [0.1, 0.15) is 53.3 Å². The Kier molecular flexibility index (Phi) is 7.01. The Bertz CT molecular complexity index is 709. The lowest BCUT2D eigenvalue weighted by atomic mass is 10.2. The Morgan fingerprint density at radius 2 is 1.72 bits per heavy atom. The molecule has 2 rings (SSSR count). The first-order chi connectivity index (χ1) is 12.1. The van der Waals surface area contributed by atoms with E-state index in [0.29, 0.717) is 12.2 Å². The third-order valence-corrected chi connectivity index (χ3v) is 3.63. The summed E-state index contributed by atoms with van der Waals surface area (Å²) in [6.07, 6.45) is 3.98. The molecule has 0 fully saturated rings. The van der Waals surface area contributed by atoms with Crippen LogP contribution < -0.4 is 4.74 Å². The summed E-state index contributed by atoms with van der Waals surface area (Å²) in [5, 5.41) is 9.63. The van der Waals surface area contributed by atoms with Crippen molar-refractivity contribution in [3.8, 4) is 11.5 Å². The van der Waals surface area contributed by atoms with Gasteiger partial charge in [0.15, 0.2) is 0 Å². The molecule has 0 aromatic heterocycles. The quantitative estimate of drug-likeness (QED) is 0.439. The summed E-state index contributed by atoms with van der Waals surface area (Å²) in [4.78, 5) is 24.4. The average Bonchev–Trinajstić information content (AvgIpc) is 2.62. The molecular weight excluding hydrogens is 320 g/mol. The molecule has 1 N–H and O–H groups in total. The van der Waals surface area contributed by atoms with E-state index in [-0.39, 0.29) is 17.1 Å². The standard InChI is InChI=1S/C20H22O5/c1-2-3-4-8-13-24-20(23)17-12-11-16(21)14-18(17)25-19(22)15-9-6-5-7-10-15/h5-7,9-12,14,21H,2-4,8,13H2,1H3. The molecule has 0 radical (unpaired) electrons. The van der Waals surface area contributed by atoms with Crippen molar-refractivity contribution in [2.75, 3.05) is 6.61 Å². The Morgan fingerprint density at radius 1 is 0.960 bits per heavy atom. The molecule has 5 nitrogen and oxygen atoms in total. The smallest absolute Gasteiger partial charge is 0.343 e. The number of rotatable bonds is 8. The zero-order chi connectivity index (χ0) is 18.1. The van der Waals surface area contributed by atoms with Gasteiger partial charge in [-0.25, -0.2) is 9.59 Å². The van der Waals surface area contributed by atoms with Gasteiger partial charge >= 0.3 is 11.9 Å². The molecular formula is C20H22O5. The van der Waals surface area contributed by atoms with Crippen LogP contribution in [0.25, 0.3) is 0 Å². The number of hydrogen-bond acceptors (Lipinski definition) is 5. The van der Waals surface area contributed by atoms with Gasteiger partial charge < -0.3 is 14.6 Å². The first-order valence-corrected chi connectivity index (χ1v) is 8.39. The molecule has 0 aliphatic heterocycles. The van der Waals surface area contributed by atoms with Crippen LogP contribution in [-0.4, -0.2) is 23.7 Å². The molecule has 0 spiro atoms. The van der Waals surface area contributed by atoms with Gasteiger partial charge in [-0.1, -0.05) is 44.4 Å². The third kappa shape index (κ3) is 5.64. The van der Waals surface area contributed by atoms with Gasteiger partial charge in [-0.2, -0.15) is 0 Å². The number of phenols is 1. The van der Waals surface area contributed by atoms with Crippen LogP contribution in [-0.2, 0) is 4.74 Å². The zero-order valence-corrected chi connectivity index (χ0v) is 14.2. The van der Waals surface area contributed by atoms with Crippen molar-refractivity contribution >= 4 is 11.9 Å². The van der Waals surface area contributed by atoms with Crippen LogP contribution in [0.5, 0.6) is 11.5 Å². The number of ether oxygens (including phenoxy) is 2. The molecule has 5 heteroatoms. The van der Waals surface area contributed by atoms with Crippen LogP contribution >= 0.6 is 0 Å². The van der Waals surface area contributed by atoms with Crippen LogP contribution in [0.15, 0.2) is 48.5 Å². The van der Waals surface area contributed by atoms with Crippen LogP contribution in [0.3, 0.4) is 0 Å². The van der Waals surface area contributed by atoms with E-state index in [0.717, 1.165) is 25.7 Å². The maximum atomic E-state index is 12.2. The van der Waals surface area contributed by atoms with Gasteiger partial charge in [-0.05, 0) is 30.7 Å². The van der Waals surface area contributed by atoms with E-state index in [1.165, 1.54) is 18.2 Å². The highest BCUT2D eigenvalue weighted by molar-refractivity contribution is 5.96. The second-order valence-corrected chi connectivity index (χ2v) is 5.63. The SMILES string of the molecule is CCCCCCOC(=O)c1ccc(O)cc1OC(=O)c1ccccc1. The van der Waals surface area contributed by atoms with E-state index in [1.54, 1.807) is 30.3 Å². The van der Waals surface area contributed by atoms with Crippen molar-refractivity contribution in [3.63, 3.8) is 0 Å². The average molecular weight is 342 g/mol. The lowest BCUT2D eigenvalue weighted by Gasteiger charge is -2.11. The van der Waals surface area contributed by atoms with E-state index in [1.807, 2.05) is 0 Å². The summed E-state index contributed by atoms with van der Waals surface area (Å²) in [6.45, 7) is 2.42. The number of aromatic hydroxyl groups is 1. The minimum absolute atomic E-state index is 0.0209. The molecule has 0 bridgehead atoms. The zero-order valence-electron chi connectivity index (χ0n) is 14.2. The predicted octanol–water partition coefficient (Wildman–Crippen LogP) is 4.35. The van der Waals surface area contributed by atoms with E-state index in [2.05, 4.69) is 6.92 Å². The molecule has 0 aliphatic carbocycles. The normalized spacial score (nSPS) is 10.3. The number of hydrogen-bond donors (Lipinski definition) is 1. The Morgan fingerprint density at radius 3 is 2.44 bits per heavy atom. The number of carbonyl (C=O) groups is 2. The van der Waals surface area contributed by atoms with Gasteiger partial charge in [0.1, 0.15) is 17.1 Å². The highest BCUT2D eigenvalue weighted by Gasteiger charge is 2.18. The highest BCUT2D eigenvalue weighted by atomic mass is 16.5. The summed E-state index contributed by atoms with van der Waals surface area (Å²) >= 11 is 0. The molecule has 2 aromatic carbocycles. The molecule has 132 valence electrons. The van der Waals surface area contributed by atoms with Gasteiger partial charge in [-0.3, -0.25) is 0 Å². The number of phenolic OH excluding ortho intramolecular Hbond substituents is 1. The summed E-state index contributed by atoms with van der Waals surface area (Å²) in [7, 11) is 0. The first-order valence-electron chi connectivity index (χ1n) is 8.39. The fourth-order valence-corrected chi connectivity index (χ4v) is 2.27. The van der Waals surface area contributed by atoms with Crippen molar-refractivity contribution in [1.29, 1.82) is 0 Å². The van der Waals surface area contributed by atoms with E-state index < -0.39 is 11.9 Å². The van der Waals surface area contributed by atoms with Gasteiger partial charge in [-0.15, -0.1) is 0 Å². The van der Waals surface area contributed by atoms with Crippen molar-refractivity contribution in [2.45, 2.75) is 32.6 Å². The highest BCUT2D eigenvalue weighted by Crippen LogP contribution is 2.26. The predicted molar refractivity (Wildman–Crippen MR) is 93.9 cm³/mol. The van der Waals surface area contributed by atoms with Gasteiger partial charge in [0, 0.05) is 6.07 Å². The monoisotopic (exact) mass is 342 g/mol. The molecule has 0 saturated heterocycles. The molecule has 0 heterocycles. The fraction of sp³-hybridized carbons (Fsp3) is 0.300. The van der Waals surface area contributed by atoms with Crippen molar-refractivity contribution < 1.29 is 24.2 Å². The van der Waals surface area contributed by atoms with Gasteiger partial charge in [0.05, 0.1) is 12.2 Å². The Labute approximate surface area is 147 Å². The molecule has 0 saturated carbocycles. The van der Waals surface area contributed by atoms with E-state index >= 15 is 0 Å². The molecule has 0 atom stereocenters. The molecule has 25 heavy (non-hydrogen) atoms. The summed E-state index contributed by atoms with van der Waals surface area (Å²) < 4.78 is 10.5. The van der Waals surface area contributed by atoms with E-state index in [4.69, 9.17) is 9.47 Å². The van der Waals surface area contributed by atoms with Crippen molar-refractivity contribution in [3.05, 3.63) is 59.7 Å². The Balaban J connectivity index is 2.06. The minimum atomic E-state index is -0.608. The van der Waals surface area contributed by atoms with Crippen molar-refractivity contribution in [1.82, 2.24) is 0 Å². The molecule has 2 aromatic rings. The van der Waals surface area contributed by atoms with Crippen LogP contribution in [0, 0.1) is 0 Å². The number of benzene rings is 2. The van der Waals surface area contributed by atoms with Gasteiger partial charge in [0.2, 0.25) is 0 Å². The number of esters is 2. The molecule has 0 amide bonds. The summed E-state index contributed by atoms with van der Waals surface area (Å²) in [6, 6.07) is 12.4. The largest absolute Gasteiger partial charge is 0.508 e. The maximum Gasteiger partial charge on any atom is 0.343 e. The van der Waals surface area contributed by atoms with E-state index in [9.17, 15) is 14.7 Å². The molecule has 0 unspecified atom stereocenters. The maximum absolute atomic E-state index is 12.2. The minimum Gasteiger partial charge on any atom is -0.508 e. The van der Waals surface area contributed by atoms with Crippen LogP contribution in [0.4, 0.5) is 0 Å².